The van der Waals surface area contributed by atoms with Crippen LogP contribution in [-0.4, -0.2) is 12.1 Å². The summed E-state index contributed by atoms with van der Waals surface area (Å²) in [6.07, 6.45) is 0. The maximum absolute atomic E-state index is 13.6. The molecule has 1 aliphatic rings. The predicted molar refractivity (Wildman–Crippen MR) is 51.4 cm³/mol. The molecule has 1 heterocycles. The van der Waals surface area contributed by atoms with Crippen molar-refractivity contribution in [3.05, 3.63) is 29.1 Å². The molecule has 0 amide bonds. The SMILES string of the molecule is OB1OCc2ccc(CBr)c(F)c21. The van der Waals surface area contributed by atoms with Crippen LogP contribution in [0.5, 0.6) is 0 Å². The van der Waals surface area contributed by atoms with Gasteiger partial charge in [0.15, 0.2) is 0 Å². The third kappa shape index (κ3) is 1.41. The summed E-state index contributed by atoms with van der Waals surface area (Å²) in [6, 6.07) is 3.48. The third-order valence-electron chi connectivity index (χ3n) is 2.14. The van der Waals surface area contributed by atoms with Gasteiger partial charge in [0.25, 0.3) is 0 Å². The summed E-state index contributed by atoms with van der Waals surface area (Å²) in [4.78, 5) is 0. The lowest BCUT2D eigenvalue weighted by Gasteiger charge is -2.04. The van der Waals surface area contributed by atoms with E-state index in [-0.39, 0.29) is 17.9 Å². The first-order chi connectivity index (χ1) is 6.24. The van der Waals surface area contributed by atoms with Crippen LogP contribution in [0.2, 0.25) is 0 Å². The molecule has 0 aliphatic carbocycles. The van der Waals surface area contributed by atoms with Gasteiger partial charge in [0.1, 0.15) is 5.82 Å². The molecule has 0 fully saturated rings. The van der Waals surface area contributed by atoms with Crippen molar-refractivity contribution >= 4 is 28.5 Å². The Hall–Kier alpha value is -0.385. The summed E-state index contributed by atoms with van der Waals surface area (Å²) in [7, 11) is -1.10. The molecule has 0 saturated heterocycles. The Morgan fingerprint density at radius 3 is 3.08 bits per heavy atom. The Morgan fingerprint density at radius 1 is 1.62 bits per heavy atom. The molecule has 1 aromatic carbocycles. The molecule has 0 bridgehead atoms. The maximum Gasteiger partial charge on any atom is 0.494 e. The van der Waals surface area contributed by atoms with Crippen LogP contribution in [0.3, 0.4) is 0 Å². The second-order valence-electron chi connectivity index (χ2n) is 2.91. The van der Waals surface area contributed by atoms with E-state index in [1.165, 1.54) is 0 Å². The first kappa shape index (κ1) is 9.18. The molecule has 1 aromatic rings. The van der Waals surface area contributed by atoms with Crippen molar-refractivity contribution in [3.8, 4) is 0 Å². The van der Waals surface area contributed by atoms with Crippen molar-refractivity contribution in [1.82, 2.24) is 0 Å². The van der Waals surface area contributed by atoms with Gasteiger partial charge >= 0.3 is 7.12 Å². The van der Waals surface area contributed by atoms with E-state index in [9.17, 15) is 9.41 Å². The number of benzene rings is 1. The summed E-state index contributed by atoms with van der Waals surface area (Å²) >= 11 is 3.17. The Bertz CT molecular complexity index is 345. The Morgan fingerprint density at radius 2 is 2.38 bits per heavy atom. The average Bonchev–Trinajstić information content (AvgIpc) is 2.49. The number of halogens is 2. The molecule has 0 saturated carbocycles. The average molecular weight is 245 g/mol. The number of rotatable bonds is 1. The van der Waals surface area contributed by atoms with Crippen molar-refractivity contribution in [2.75, 3.05) is 0 Å². The number of fused-ring (bicyclic) bond motifs is 1. The fourth-order valence-corrected chi connectivity index (χ4v) is 1.86. The largest absolute Gasteiger partial charge is 0.494 e. The molecule has 0 radical (unpaired) electrons. The van der Waals surface area contributed by atoms with Crippen LogP contribution in [0.4, 0.5) is 4.39 Å². The number of hydrogen-bond acceptors (Lipinski definition) is 2. The molecule has 5 heteroatoms. The van der Waals surface area contributed by atoms with E-state index in [2.05, 4.69) is 15.9 Å². The van der Waals surface area contributed by atoms with Gasteiger partial charge in [0, 0.05) is 10.8 Å². The number of hydrogen-bond donors (Lipinski definition) is 1. The highest BCUT2D eigenvalue weighted by Crippen LogP contribution is 2.17. The monoisotopic (exact) mass is 244 g/mol. The van der Waals surface area contributed by atoms with Crippen molar-refractivity contribution < 1.29 is 14.1 Å². The lowest BCUT2D eigenvalue weighted by Crippen LogP contribution is -2.31. The summed E-state index contributed by atoms with van der Waals surface area (Å²) in [5, 5.41) is 9.75. The van der Waals surface area contributed by atoms with Crippen molar-refractivity contribution in [2.45, 2.75) is 11.9 Å². The molecule has 0 aromatic heterocycles. The van der Waals surface area contributed by atoms with Gasteiger partial charge in [-0.15, -0.1) is 0 Å². The Kier molecular flexibility index (Phi) is 2.40. The van der Waals surface area contributed by atoms with Gasteiger partial charge in [0.2, 0.25) is 0 Å². The molecular weight excluding hydrogens is 238 g/mol. The van der Waals surface area contributed by atoms with Crippen molar-refractivity contribution in [1.29, 1.82) is 0 Å². The summed E-state index contributed by atoms with van der Waals surface area (Å²) < 4.78 is 18.5. The van der Waals surface area contributed by atoms with E-state index in [1.807, 2.05) is 0 Å². The van der Waals surface area contributed by atoms with Crippen LogP contribution in [0.25, 0.3) is 0 Å². The molecule has 0 unspecified atom stereocenters. The van der Waals surface area contributed by atoms with Gasteiger partial charge in [0.05, 0.1) is 6.61 Å². The molecule has 1 aliphatic heterocycles. The first-order valence-corrected chi connectivity index (χ1v) is 5.02. The second-order valence-corrected chi connectivity index (χ2v) is 3.47. The fraction of sp³-hybridized carbons (Fsp3) is 0.250. The highest BCUT2D eigenvalue weighted by atomic mass is 79.9. The lowest BCUT2D eigenvalue weighted by molar-refractivity contribution is 0.275. The molecule has 2 nitrogen and oxygen atoms in total. The fourth-order valence-electron chi connectivity index (χ4n) is 1.43. The Balaban J connectivity index is 2.56. The van der Waals surface area contributed by atoms with Crippen LogP contribution >= 0.6 is 15.9 Å². The highest BCUT2D eigenvalue weighted by Gasteiger charge is 2.31. The zero-order chi connectivity index (χ0) is 9.42. The summed E-state index contributed by atoms with van der Waals surface area (Å²) in [6.45, 7) is 0.288. The van der Waals surface area contributed by atoms with E-state index in [0.717, 1.165) is 5.56 Å². The molecule has 13 heavy (non-hydrogen) atoms. The quantitative estimate of drug-likeness (QED) is 0.589. The topological polar surface area (TPSA) is 29.5 Å². The maximum atomic E-state index is 13.6. The zero-order valence-corrected chi connectivity index (χ0v) is 8.34. The summed E-state index contributed by atoms with van der Waals surface area (Å²) in [5.41, 5.74) is 1.56. The minimum Gasteiger partial charge on any atom is -0.423 e. The minimum atomic E-state index is -1.10. The van der Waals surface area contributed by atoms with Crippen LogP contribution in [0.1, 0.15) is 11.1 Å². The normalized spacial score (nSPS) is 14.8. The van der Waals surface area contributed by atoms with Gasteiger partial charge in [-0.3, -0.25) is 0 Å². The molecule has 0 atom stereocenters. The highest BCUT2D eigenvalue weighted by molar-refractivity contribution is 9.08. The predicted octanol–water partition coefficient (Wildman–Crippen LogP) is 0.938. The van der Waals surface area contributed by atoms with Gasteiger partial charge in [-0.1, -0.05) is 28.1 Å². The van der Waals surface area contributed by atoms with Crippen LogP contribution in [0.15, 0.2) is 12.1 Å². The molecule has 68 valence electrons. The first-order valence-electron chi connectivity index (χ1n) is 3.90. The third-order valence-corrected chi connectivity index (χ3v) is 2.74. The minimum absolute atomic E-state index is 0.288. The van der Waals surface area contributed by atoms with E-state index in [0.29, 0.717) is 10.9 Å². The van der Waals surface area contributed by atoms with Crippen LogP contribution < -0.4 is 5.46 Å². The van der Waals surface area contributed by atoms with Crippen molar-refractivity contribution in [2.24, 2.45) is 0 Å². The summed E-state index contributed by atoms with van der Waals surface area (Å²) in [5.74, 6) is -0.362. The lowest BCUT2D eigenvalue weighted by atomic mass is 9.78. The number of alkyl halides is 1. The molecule has 2 rings (SSSR count). The molecule has 1 N–H and O–H groups in total. The van der Waals surface area contributed by atoms with Gasteiger partial charge in [-0.2, -0.15) is 0 Å². The Labute approximate surface area is 84.0 Å². The van der Waals surface area contributed by atoms with Gasteiger partial charge in [-0.25, -0.2) is 4.39 Å². The van der Waals surface area contributed by atoms with E-state index in [1.54, 1.807) is 12.1 Å². The van der Waals surface area contributed by atoms with E-state index < -0.39 is 7.12 Å². The van der Waals surface area contributed by atoms with Crippen molar-refractivity contribution in [3.63, 3.8) is 0 Å². The van der Waals surface area contributed by atoms with Crippen LogP contribution in [0, 0.1) is 5.82 Å². The second kappa shape index (κ2) is 3.40. The van der Waals surface area contributed by atoms with Gasteiger partial charge < -0.3 is 9.68 Å². The molecular formula is C8H7BBrFO2. The van der Waals surface area contributed by atoms with Gasteiger partial charge in [-0.05, 0) is 11.1 Å². The standard InChI is InChI=1S/C8H7BBrFO2/c10-3-5-1-2-6-4-13-9(12)7(6)8(5)11/h1-2,12H,3-4H2. The van der Waals surface area contributed by atoms with E-state index in [4.69, 9.17) is 4.65 Å². The smallest absolute Gasteiger partial charge is 0.423 e. The molecule has 0 spiro atoms. The zero-order valence-electron chi connectivity index (χ0n) is 6.76. The van der Waals surface area contributed by atoms with E-state index >= 15 is 0 Å². The van der Waals surface area contributed by atoms with Crippen LogP contribution in [-0.2, 0) is 16.6 Å².